The fraction of sp³-hybridized carbons (Fsp3) is 0.440. The molecule has 0 saturated heterocycles. The van der Waals surface area contributed by atoms with Gasteiger partial charge in [0.1, 0.15) is 5.75 Å². The van der Waals surface area contributed by atoms with E-state index >= 15 is 0 Å². The van der Waals surface area contributed by atoms with Gasteiger partial charge < -0.3 is 24.8 Å². The summed E-state index contributed by atoms with van der Waals surface area (Å²) in [6.07, 6.45) is 3.71. The van der Waals surface area contributed by atoms with Gasteiger partial charge in [-0.1, -0.05) is 6.07 Å². The number of carbonyl (C=O) groups is 2. The molecule has 7 nitrogen and oxygen atoms in total. The van der Waals surface area contributed by atoms with Crippen molar-refractivity contribution in [2.24, 2.45) is 0 Å². The van der Waals surface area contributed by atoms with E-state index in [1.165, 1.54) is 0 Å². The standard InChI is InChI=1S/C25H28N2O5/c1-14-9-15(2)24-19(12-23(28)27-20(24)10-14)25(29)26-16-3-5-17(6-4-16)32-18-7-8-21-22(11-18)31-13-30-21/h7-11,16-17,19H,3-6,12-13H2,1-2H3,(H,26,29)(H,27,28). The Bertz CT molecular complexity index is 1060. The van der Waals surface area contributed by atoms with Crippen molar-refractivity contribution in [3.8, 4) is 17.2 Å². The number of carbonyl (C=O) groups excluding carboxylic acids is 2. The van der Waals surface area contributed by atoms with E-state index in [0.717, 1.165) is 59.6 Å². The first kappa shape index (κ1) is 20.7. The molecule has 2 aromatic rings. The Hall–Kier alpha value is -3.22. The number of fused-ring (bicyclic) bond motifs is 2. The second-order valence-corrected chi connectivity index (χ2v) is 8.96. The molecule has 1 aliphatic carbocycles. The van der Waals surface area contributed by atoms with Crippen LogP contribution in [-0.4, -0.2) is 30.8 Å². The quantitative estimate of drug-likeness (QED) is 0.758. The van der Waals surface area contributed by atoms with E-state index in [1.54, 1.807) is 0 Å². The van der Waals surface area contributed by atoms with E-state index in [2.05, 4.69) is 16.7 Å². The van der Waals surface area contributed by atoms with Gasteiger partial charge in [0.2, 0.25) is 18.6 Å². The molecule has 168 valence electrons. The number of anilines is 1. The number of benzene rings is 2. The molecule has 7 heteroatoms. The fourth-order valence-electron chi connectivity index (χ4n) is 5.03. The molecule has 0 radical (unpaired) electrons. The minimum absolute atomic E-state index is 0.0619. The summed E-state index contributed by atoms with van der Waals surface area (Å²) in [5.41, 5.74) is 3.82. The Morgan fingerprint density at radius 2 is 1.84 bits per heavy atom. The molecule has 32 heavy (non-hydrogen) atoms. The molecule has 3 aliphatic rings. The van der Waals surface area contributed by atoms with Crippen LogP contribution in [0.3, 0.4) is 0 Å². The molecule has 1 saturated carbocycles. The Labute approximate surface area is 187 Å². The highest BCUT2D eigenvalue weighted by Gasteiger charge is 2.34. The molecule has 2 heterocycles. The van der Waals surface area contributed by atoms with Gasteiger partial charge in [0, 0.05) is 24.2 Å². The SMILES string of the molecule is Cc1cc(C)c2c(c1)NC(=O)CC2C(=O)NC1CCC(Oc2ccc3c(c2)OCO3)CC1. The van der Waals surface area contributed by atoms with Gasteiger partial charge >= 0.3 is 0 Å². The summed E-state index contributed by atoms with van der Waals surface area (Å²) in [7, 11) is 0. The van der Waals surface area contributed by atoms with Gasteiger partial charge in [0.05, 0.1) is 12.0 Å². The predicted octanol–water partition coefficient (Wildman–Crippen LogP) is 3.96. The lowest BCUT2D eigenvalue weighted by molar-refractivity contribution is -0.127. The molecule has 2 N–H and O–H groups in total. The zero-order valence-corrected chi connectivity index (χ0v) is 18.4. The molecule has 1 unspecified atom stereocenters. The third kappa shape index (κ3) is 4.11. The molecule has 0 spiro atoms. The highest BCUT2D eigenvalue weighted by atomic mass is 16.7. The average molecular weight is 437 g/mol. The van der Waals surface area contributed by atoms with Crippen molar-refractivity contribution in [3.63, 3.8) is 0 Å². The summed E-state index contributed by atoms with van der Waals surface area (Å²) in [6, 6.07) is 9.74. The summed E-state index contributed by atoms with van der Waals surface area (Å²) < 4.78 is 16.9. The van der Waals surface area contributed by atoms with E-state index in [1.807, 2.05) is 38.1 Å². The highest BCUT2D eigenvalue weighted by Crippen LogP contribution is 2.37. The minimum atomic E-state index is -0.443. The van der Waals surface area contributed by atoms with Gasteiger partial charge in [0.15, 0.2) is 11.5 Å². The van der Waals surface area contributed by atoms with E-state index in [-0.39, 0.29) is 37.2 Å². The van der Waals surface area contributed by atoms with Gasteiger partial charge in [-0.2, -0.15) is 0 Å². The zero-order chi connectivity index (χ0) is 22.2. The lowest BCUT2D eigenvalue weighted by Gasteiger charge is -2.32. The molecule has 1 atom stereocenters. The molecule has 1 fully saturated rings. The first-order chi connectivity index (χ1) is 15.5. The van der Waals surface area contributed by atoms with Crippen molar-refractivity contribution in [1.29, 1.82) is 0 Å². The van der Waals surface area contributed by atoms with Crippen LogP contribution < -0.4 is 24.8 Å². The number of rotatable bonds is 4. The third-order valence-corrected chi connectivity index (χ3v) is 6.53. The summed E-state index contributed by atoms with van der Waals surface area (Å²) in [5, 5.41) is 6.12. The number of aryl methyl sites for hydroxylation is 2. The Kier molecular flexibility index (Phi) is 5.41. The maximum Gasteiger partial charge on any atom is 0.231 e. The number of hydrogen-bond donors (Lipinski definition) is 2. The van der Waals surface area contributed by atoms with Crippen LogP contribution in [0, 0.1) is 13.8 Å². The van der Waals surface area contributed by atoms with Crippen molar-refractivity contribution in [1.82, 2.24) is 5.32 Å². The summed E-state index contributed by atoms with van der Waals surface area (Å²) in [5.74, 6) is 1.62. The van der Waals surface area contributed by atoms with Crippen LogP contribution in [0.25, 0.3) is 0 Å². The van der Waals surface area contributed by atoms with Crippen LogP contribution in [0.2, 0.25) is 0 Å². The van der Waals surface area contributed by atoms with Crippen molar-refractivity contribution in [2.75, 3.05) is 12.1 Å². The normalized spacial score (nSPS) is 23.8. The van der Waals surface area contributed by atoms with Gasteiger partial charge in [-0.05, 0) is 74.4 Å². The first-order valence-electron chi connectivity index (χ1n) is 11.2. The predicted molar refractivity (Wildman–Crippen MR) is 119 cm³/mol. The van der Waals surface area contributed by atoms with Crippen LogP contribution in [0.4, 0.5) is 5.69 Å². The smallest absolute Gasteiger partial charge is 0.231 e. The molecule has 0 aromatic heterocycles. The third-order valence-electron chi connectivity index (χ3n) is 6.53. The molecule has 2 aliphatic heterocycles. The van der Waals surface area contributed by atoms with Crippen molar-refractivity contribution in [3.05, 3.63) is 47.0 Å². The van der Waals surface area contributed by atoms with E-state index < -0.39 is 5.92 Å². The average Bonchev–Trinajstić information content (AvgIpc) is 3.22. The Morgan fingerprint density at radius 1 is 1.06 bits per heavy atom. The lowest BCUT2D eigenvalue weighted by Crippen LogP contribution is -2.43. The van der Waals surface area contributed by atoms with Crippen LogP contribution in [0.1, 0.15) is 54.7 Å². The topological polar surface area (TPSA) is 85.9 Å². The molecule has 0 bridgehead atoms. The van der Waals surface area contributed by atoms with Crippen LogP contribution >= 0.6 is 0 Å². The lowest BCUT2D eigenvalue weighted by atomic mass is 9.85. The zero-order valence-electron chi connectivity index (χ0n) is 18.4. The molecular formula is C25H28N2O5. The summed E-state index contributed by atoms with van der Waals surface area (Å²) in [6.45, 7) is 4.24. The highest BCUT2D eigenvalue weighted by molar-refractivity contribution is 6.01. The number of hydrogen-bond acceptors (Lipinski definition) is 5. The second kappa shape index (κ2) is 8.37. The summed E-state index contributed by atoms with van der Waals surface area (Å²) >= 11 is 0. The maximum absolute atomic E-state index is 13.1. The first-order valence-corrected chi connectivity index (χ1v) is 11.2. The van der Waals surface area contributed by atoms with Crippen molar-refractivity contribution in [2.45, 2.75) is 64.0 Å². The molecule has 5 rings (SSSR count). The fourth-order valence-corrected chi connectivity index (χ4v) is 5.03. The number of nitrogens with one attached hydrogen (secondary N) is 2. The van der Waals surface area contributed by atoms with Crippen molar-refractivity contribution < 1.29 is 23.8 Å². The number of amides is 2. The van der Waals surface area contributed by atoms with Crippen molar-refractivity contribution >= 4 is 17.5 Å². The van der Waals surface area contributed by atoms with E-state index in [9.17, 15) is 9.59 Å². The summed E-state index contributed by atoms with van der Waals surface area (Å²) in [4.78, 5) is 25.4. The van der Waals surface area contributed by atoms with E-state index in [4.69, 9.17) is 14.2 Å². The van der Waals surface area contributed by atoms with Gasteiger partial charge in [0.25, 0.3) is 0 Å². The van der Waals surface area contributed by atoms with Crippen LogP contribution in [-0.2, 0) is 9.59 Å². The second-order valence-electron chi connectivity index (χ2n) is 8.96. The largest absolute Gasteiger partial charge is 0.490 e. The molecular weight excluding hydrogens is 408 g/mol. The van der Waals surface area contributed by atoms with Gasteiger partial charge in [-0.3, -0.25) is 9.59 Å². The number of ether oxygens (including phenoxy) is 3. The monoisotopic (exact) mass is 436 g/mol. The van der Waals surface area contributed by atoms with E-state index in [0.29, 0.717) is 5.75 Å². The maximum atomic E-state index is 13.1. The van der Waals surface area contributed by atoms with Gasteiger partial charge in [-0.25, -0.2) is 0 Å². The van der Waals surface area contributed by atoms with Crippen LogP contribution in [0.5, 0.6) is 17.2 Å². The van der Waals surface area contributed by atoms with Crippen LogP contribution in [0.15, 0.2) is 30.3 Å². The Morgan fingerprint density at radius 3 is 2.66 bits per heavy atom. The minimum Gasteiger partial charge on any atom is -0.490 e. The Balaban J connectivity index is 1.19. The molecule has 2 aromatic carbocycles. The van der Waals surface area contributed by atoms with Gasteiger partial charge in [-0.15, -0.1) is 0 Å². The molecule has 2 amide bonds.